The van der Waals surface area contributed by atoms with Crippen LogP contribution >= 0.6 is 0 Å². The first kappa shape index (κ1) is 13.8. The molecule has 0 spiro atoms. The van der Waals surface area contributed by atoms with Gasteiger partial charge in [-0.1, -0.05) is 0 Å². The highest BCUT2D eigenvalue weighted by atomic mass is 32.2. The lowest BCUT2D eigenvalue weighted by Crippen LogP contribution is -2.22. The van der Waals surface area contributed by atoms with E-state index in [1.165, 1.54) is 0 Å². The van der Waals surface area contributed by atoms with Crippen molar-refractivity contribution in [3.63, 3.8) is 0 Å². The molecule has 0 amide bonds. The largest absolute Gasteiger partial charge is 0.416 e. The lowest BCUT2D eigenvalue weighted by atomic mass is 10.1. The number of hydrogen-bond donors (Lipinski definition) is 2. The maximum atomic E-state index is 12.4. The number of rotatable bonds is 3. The number of alkyl halides is 3. The van der Waals surface area contributed by atoms with Crippen LogP contribution in [0.4, 0.5) is 18.9 Å². The predicted molar refractivity (Wildman–Crippen MR) is 57.5 cm³/mol. The van der Waals surface area contributed by atoms with E-state index in [-0.39, 0.29) is 17.8 Å². The topological polar surface area (TPSA) is 72.2 Å². The van der Waals surface area contributed by atoms with Crippen molar-refractivity contribution in [1.29, 1.82) is 0 Å². The maximum Gasteiger partial charge on any atom is 0.416 e. The van der Waals surface area contributed by atoms with Gasteiger partial charge < -0.3 is 5.73 Å². The van der Waals surface area contributed by atoms with Gasteiger partial charge in [0.1, 0.15) is 0 Å². The highest BCUT2D eigenvalue weighted by Gasteiger charge is 2.30. The molecule has 0 saturated carbocycles. The number of hydrogen-bond acceptors (Lipinski definition) is 3. The SMILES string of the molecule is CS(=O)(=O)NCc1cc(C(F)(F)F)ccc1N. The third kappa shape index (κ3) is 4.23. The van der Waals surface area contributed by atoms with Crippen molar-refractivity contribution < 1.29 is 21.6 Å². The molecule has 1 aromatic carbocycles. The van der Waals surface area contributed by atoms with E-state index in [9.17, 15) is 21.6 Å². The maximum absolute atomic E-state index is 12.4. The lowest BCUT2D eigenvalue weighted by molar-refractivity contribution is -0.137. The predicted octanol–water partition coefficient (Wildman–Crippen LogP) is 1.34. The average molecular weight is 268 g/mol. The second kappa shape index (κ2) is 4.53. The fourth-order valence-corrected chi connectivity index (χ4v) is 1.56. The van der Waals surface area contributed by atoms with Gasteiger partial charge in [0.05, 0.1) is 11.8 Å². The van der Waals surface area contributed by atoms with E-state index < -0.39 is 21.8 Å². The summed E-state index contributed by atoms with van der Waals surface area (Å²) in [5.74, 6) is 0. The number of anilines is 1. The molecular formula is C9H11F3N2O2S. The Morgan fingerprint density at radius 2 is 1.94 bits per heavy atom. The van der Waals surface area contributed by atoms with E-state index in [0.717, 1.165) is 24.5 Å². The van der Waals surface area contributed by atoms with Crippen LogP contribution < -0.4 is 10.5 Å². The Hall–Kier alpha value is -1.28. The molecule has 4 nitrogen and oxygen atoms in total. The number of nitrogens with one attached hydrogen (secondary N) is 1. The number of nitrogen functional groups attached to an aromatic ring is 1. The van der Waals surface area contributed by atoms with Gasteiger partial charge in [0.2, 0.25) is 10.0 Å². The van der Waals surface area contributed by atoms with Crippen molar-refractivity contribution in [3.05, 3.63) is 29.3 Å². The summed E-state index contributed by atoms with van der Waals surface area (Å²) in [5, 5.41) is 0. The van der Waals surface area contributed by atoms with E-state index in [4.69, 9.17) is 5.73 Å². The summed E-state index contributed by atoms with van der Waals surface area (Å²) in [4.78, 5) is 0. The van der Waals surface area contributed by atoms with Crippen LogP contribution in [0.2, 0.25) is 0 Å². The first-order valence-electron chi connectivity index (χ1n) is 4.50. The Kier molecular flexibility index (Phi) is 3.68. The van der Waals surface area contributed by atoms with Gasteiger partial charge in [-0.3, -0.25) is 0 Å². The lowest BCUT2D eigenvalue weighted by Gasteiger charge is -2.11. The van der Waals surface area contributed by atoms with E-state index in [0.29, 0.717) is 0 Å². The highest BCUT2D eigenvalue weighted by Crippen LogP contribution is 2.31. The number of nitrogens with two attached hydrogens (primary N) is 1. The summed E-state index contributed by atoms with van der Waals surface area (Å²) in [7, 11) is -3.47. The highest BCUT2D eigenvalue weighted by molar-refractivity contribution is 7.88. The molecule has 0 aliphatic heterocycles. The second-order valence-electron chi connectivity index (χ2n) is 3.50. The molecule has 1 rings (SSSR count). The van der Waals surface area contributed by atoms with Crippen molar-refractivity contribution in [1.82, 2.24) is 4.72 Å². The summed E-state index contributed by atoms with van der Waals surface area (Å²) in [5.41, 5.74) is 4.79. The first-order chi connectivity index (χ1) is 7.59. The van der Waals surface area contributed by atoms with Gasteiger partial charge in [0.15, 0.2) is 0 Å². The number of benzene rings is 1. The molecule has 0 bridgehead atoms. The quantitative estimate of drug-likeness (QED) is 0.812. The van der Waals surface area contributed by atoms with Crippen LogP contribution in [0.3, 0.4) is 0 Å². The fraction of sp³-hybridized carbons (Fsp3) is 0.333. The van der Waals surface area contributed by atoms with E-state index >= 15 is 0 Å². The van der Waals surface area contributed by atoms with Crippen molar-refractivity contribution in [3.8, 4) is 0 Å². The molecule has 0 aliphatic rings. The molecular weight excluding hydrogens is 257 g/mol. The van der Waals surface area contributed by atoms with Crippen LogP contribution in [-0.4, -0.2) is 14.7 Å². The minimum absolute atomic E-state index is 0.0882. The smallest absolute Gasteiger partial charge is 0.398 e. The van der Waals surface area contributed by atoms with Gasteiger partial charge in [-0.05, 0) is 23.8 Å². The Morgan fingerprint density at radius 3 is 2.41 bits per heavy atom. The molecule has 0 radical (unpaired) electrons. The van der Waals surface area contributed by atoms with Crippen LogP contribution in [0.1, 0.15) is 11.1 Å². The molecule has 96 valence electrons. The molecule has 0 aromatic heterocycles. The minimum atomic E-state index is -4.48. The molecule has 8 heteroatoms. The zero-order chi connectivity index (χ0) is 13.3. The Balaban J connectivity index is 3.00. The summed E-state index contributed by atoms with van der Waals surface area (Å²) in [6.07, 6.45) is -3.57. The molecule has 0 fully saturated rings. The van der Waals surface area contributed by atoms with Gasteiger partial charge in [-0.25, -0.2) is 13.1 Å². The molecule has 0 aliphatic carbocycles. The van der Waals surface area contributed by atoms with E-state index in [1.807, 2.05) is 0 Å². The molecule has 0 atom stereocenters. The minimum Gasteiger partial charge on any atom is -0.398 e. The zero-order valence-corrected chi connectivity index (χ0v) is 9.69. The molecule has 0 heterocycles. The van der Waals surface area contributed by atoms with Gasteiger partial charge in [-0.2, -0.15) is 13.2 Å². The third-order valence-electron chi connectivity index (χ3n) is 2.00. The molecule has 0 unspecified atom stereocenters. The van der Waals surface area contributed by atoms with Gasteiger partial charge >= 0.3 is 6.18 Å². The van der Waals surface area contributed by atoms with Gasteiger partial charge in [0, 0.05) is 12.2 Å². The summed E-state index contributed by atoms with van der Waals surface area (Å²) in [6.45, 7) is -0.269. The first-order valence-corrected chi connectivity index (χ1v) is 6.39. The molecule has 0 saturated heterocycles. The Morgan fingerprint density at radius 1 is 1.35 bits per heavy atom. The standard InChI is InChI=1S/C9H11F3N2O2S/c1-17(15,16)14-5-6-4-7(9(10,11)12)2-3-8(6)13/h2-4,14H,5,13H2,1H3. The van der Waals surface area contributed by atoms with Crippen LogP contribution in [0.5, 0.6) is 0 Å². The van der Waals surface area contributed by atoms with Crippen LogP contribution in [0.25, 0.3) is 0 Å². The molecule has 3 N–H and O–H groups in total. The van der Waals surface area contributed by atoms with Gasteiger partial charge in [-0.15, -0.1) is 0 Å². The molecule has 17 heavy (non-hydrogen) atoms. The van der Waals surface area contributed by atoms with E-state index in [1.54, 1.807) is 0 Å². The summed E-state index contributed by atoms with van der Waals surface area (Å²) in [6, 6.07) is 2.77. The Bertz CT molecular complexity index is 511. The summed E-state index contributed by atoms with van der Waals surface area (Å²) < 4.78 is 60.9. The van der Waals surface area contributed by atoms with Crippen molar-refractivity contribution in [2.75, 3.05) is 12.0 Å². The number of sulfonamides is 1. The van der Waals surface area contributed by atoms with Gasteiger partial charge in [0.25, 0.3) is 0 Å². The monoisotopic (exact) mass is 268 g/mol. The Labute approximate surface area is 96.7 Å². The van der Waals surface area contributed by atoms with Crippen LogP contribution in [0.15, 0.2) is 18.2 Å². The number of halogens is 3. The third-order valence-corrected chi connectivity index (χ3v) is 2.66. The van der Waals surface area contributed by atoms with Crippen LogP contribution in [-0.2, 0) is 22.7 Å². The van der Waals surface area contributed by atoms with Crippen molar-refractivity contribution in [2.24, 2.45) is 0 Å². The van der Waals surface area contributed by atoms with E-state index in [2.05, 4.69) is 4.72 Å². The average Bonchev–Trinajstić information content (AvgIpc) is 2.13. The van der Waals surface area contributed by atoms with Crippen LogP contribution in [0, 0.1) is 0 Å². The molecule has 1 aromatic rings. The van der Waals surface area contributed by atoms with Crippen molar-refractivity contribution >= 4 is 15.7 Å². The normalized spacial score (nSPS) is 12.7. The zero-order valence-electron chi connectivity index (χ0n) is 8.88. The fourth-order valence-electron chi connectivity index (χ4n) is 1.14. The summed E-state index contributed by atoms with van der Waals surface area (Å²) >= 11 is 0. The van der Waals surface area contributed by atoms with Crippen molar-refractivity contribution in [2.45, 2.75) is 12.7 Å². The second-order valence-corrected chi connectivity index (χ2v) is 5.34.